The van der Waals surface area contributed by atoms with Crippen LogP contribution < -0.4 is 5.73 Å². The molecule has 0 spiro atoms. The topological polar surface area (TPSA) is 29.3 Å². The van der Waals surface area contributed by atoms with Gasteiger partial charge >= 0.3 is 0 Å². The lowest BCUT2D eigenvalue weighted by atomic mass is 10.1. The van der Waals surface area contributed by atoms with Crippen molar-refractivity contribution in [2.45, 2.75) is 26.8 Å². The fourth-order valence-electron chi connectivity index (χ4n) is 1.99. The lowest BCUT2D eigenvalue weighted by Crippen LogP contribution is -2.29. The molecule has 0 saturated carbocycles. The third-order valence-corrected chi connectivity index (χ3v) is 3.16. The van der Waals surface area contributed by atoms with E-state index in [0.717, 1.165) is 31.6 Å². The minimum atomic E-state index is -0.134. The van der Waals surface area contributed by atoms with Crippen LogP contribution in [0.2, 0.25) is 0 Å². The zero-order valence-electron chi connectivity index (χ0n) is 11.0. The van der Waals surface area contributed by atoms with E-state index in [1.54, 1.807) is 13.0 Å². The molecule has 0 aliphatic rings. The molecule has 0 fully saturated rings. The fraction of sp³-hybridized carbons (Fsp3) is 0.571. The van der Waals surface area contributed by atoms with E-state index in [4.69, 9.17) is 5.73 Å². The van der Waals surface area contributed by atoms with Crippen LogP contribution in [0.3, 0.4) is 0 Å². The molecule has 2 nitrogen and oxygen atoms in total. The molecular formula is C14H23FN2. The van der Waals surface area contributed by atoms with Crippen molar-refractivity contribution in [1.82, 2.24) is 4.90 Å². The Balaban J connectivity index is 2.55. The highest BCUT2D eigenvalue weighted by molar-refractivity contribution is 5.23. The molecule has 96 valence electrons. The number of benzene rings is 1. The maximum atomic E-state index is 13.1. The van der Waals surface area contributed by atoms with Crippen LogP contribution in [0.5, 0.6) is 0 Å². The van der Waals surface area contributed by atoms with E-state index in [9.17, 15) is 4.39 Å². The summed E-state index contributed by atoms with van der Waals surface area (Å²) in [5.74, 6) is 0.409. The molecule has 17 heavy (non-hydrogen) atoms. The van der Waals surface area contributed by atoms with Gasteiger partial charge in [-0.15, -0.1) is 0 Å². The van der Waals surface area contributed by atoms with Crippen LogP contribution in [-0.4, -0.2) is 25.0 Å². The molecule has 0 saturated heterocycles. The molecule has 0 aliphatic heterocycles. The first-order chi connectivity index (χ1) is 8.06. The summed E-state index contributed by atoms with van der Waals surface area (Å²) < 4.78 is 13.1. The smallest absolute Gasteiger partial charge is 0.126 e. The molecule has 2 N–H and O–H groups in total. The standard InChI is InChI=1S/C14H23FN2/c1-4-12(8-16)9-17(3)10-13-5-6-14(15)11(2)7-13/h5-7,12H,4,8-10,16H2,1-3H3. The Bertz CT molecular complexity index is 348. The predicted molar refractivity (Wildman–Crippen MR) is 70.3 cm³/mol. The van der Waals surface area contributed by atoms with Crippen LogP contribution in [0.1, 0.15) is 24.5 Å². The molecule has 1 aromatic rings. The fourth-order valence-corrected chi connectivity index (χ4v) is 1.99. The van der Waals surface area contributed by atoms with Crippen molar-refractivity contribution >= 4 is 0 Å². The Labute approximate surface area is 104 Å². The molecule has 0 bridgehead atoms. The number of hydrogen-bond donors (Lipinski definition) is 1. The second-order valence-corrected chi connectivity index (χ2v) is 4.79. The number of nitrogens with two attached hydrogens (primary N) is 1. The largest absolute Gasteiger partial charge is 0.330 e. The zero-order chi connectivity index (χ0) is 12.8. The van der Waals surface area contributed by atoms with Crippen LogP contribution in [-0.2, 0) is 6.54 Å². The number of nitrogens with zero attached hydrogens (tertiary/aromatic N) is 1. The van der Waals surface area contributed by atoms with Crippen molar-refractivity contribution in [3.05, 3.63) is 35.1 Å². The van der Waals surface area contributed by atoms with Crippen molar-refractivity contribution < 1.29 is 4.39 Å². The minimum Gasteiger partial charge on any atom is -0.330 e. The second-order valence-electron chi connectivity index (χ2n) is 4.79. The molecule has 1 aromatic carbocycles. The van der Waals surface area contributed by atoms with Gasteiger partial charge in [0.25, 0.3) is 0 Å². The summed E-state index contributed by atoms with van der Waals surface area (Å²) in [5.41, 5.74) is 7.55. The Morgan fingerprint density at radius 1 is 1.41 bits per heavy atom. The maximum Gasteiger partial charge on any atom is 0.126 e. The second kappa shape index (κ2) is 6.72. The van der Waals surface area contributed by atoms with Gasteiger partial charge in [0.15, 0.2) is 0 Å². The third kappa shape index (κ3) is 4.44. The Hall–Kier alpha value is -0.930. The van der Waals surface area contributed by atoms with Crippen LogP contribution in [0, 0.1) is 18.7 Å². The highest BCUT2D eigenvalue weighted by Gasteiger charge is 2.08. The Morgan fingerprint density at radius 2 is 2.12 bits per heavy atom. The monoisotopic (exact) mass is 238 g/mol. The molecule has 1 atom stereocenters. The van der Waals surface area contributed by atoms with Gasteiger partial charge in [-0.3, -0.25) is 0 Å². The summed E-state index contributed by atoms with van der Waals surface area (Å²) in [7, 11) is 2.08. The van der Waals surface area contributed by atoms with E-state index in [-0.39, 0.29) is 5.82 Å². The third-order valence-electron chi connectivity index (χ3n) is 3.16. The predicted octanol–water partition coefficient (Wildman–Crippen LogP) is 2.55. The zero-order valence-corrected chi connectivity index (χ0v) is 11.0. The van der Waals surface area contributed by atoms with Gasteiger partial charge in [-0.25, -0.2) is 4.39 Å². The molecule has 0 radical (unpaired) electrons. The first kappa shape index (κ1) is 14.1. The maximum absolute atomic E-state index is 13.1. The van der Waals surface area contributed by atoms with Gasteiger partial charge in [0.1, 0.15) is 5.82 Å². The van der Waals surface area contributed by atoms with Gasteiger partial charge in [0.2, 0.25) is 0 Å². The quantitative estimate of drug-likeness (QED) is 0.825. The summed E-state index contributed by atoms with van der Waals surface area (Å²) >= 11 is 0. The van der Waals surface area contributed by atoms with E-state index in [1.807, 2.05) is 12.1 Å². The number of rotatable bonds is 6. The average molecular weight is 238 g/mol. The van der Waals surface area contributed by atoms with Crippen LogP contribution in [0.15, 0.2) is 18.2 Å². The number of halogens is 1. The number of hydrogen-bond acceptors (Lipinski definition) is 2. The van der Waals surface area contributed by atoms with Crippen molar-refractivity contribution in [2.24, 2.45) is 11.7 Å². The van der Waals surface area contributed by atoms with Gasteiger partial charge in [0, 0.05) is 13.1 Å². The van der Waals surface area contributed by atoms with Gasteiger partial charge in [-0.05, 0) is 43.6 Å². The molecule has 3 heteroatoms. The first-order valence-electron chi connectivity index (χ1n) is 6.20. The van der Waals surface area contributed by atoms with Crippen molar-refractivity contribution in [1.29, 1.82) is 0 Å². The summed E-state index contributed by atoms with van der Waals surface area (Å²) in [6, 6.07) is 5.30. The molecular weight excluding hydrogens is 215 g/mol. The van der Waals surface area contributed by atoms with Crippen LogP contribution >= 0.6 is 0 Å². The summed E-state index contributed by atoms with van der Waals surface area (Å²) in [5, 5.41) is 0. The average Bonchev–Trinajstić information content (AvgIpc) is 2.31. The summed E-state index contributed by atoms with van der Waals surface area (Å²) in [6.07, 6.45) is 1.10. The first-order valence-corrected chi connectivity index (χ1v) is 6.20. The molecule has 0 amide bonds. The molecule has 0 heterocycles. The van der Waals surface area contributed by atoms with Gasteiger partial charge in [-0.1, -0.05) is 25.5 Å². The summed E-state index contributed by atoms with van der Waals surface area (Å²) in [6.45, 7) is 6.52. The van der Waals surface area contributed by atoms with E-state index in [1.165, 1.54) is 0 Å². The van der Waals surface area contributed by atoms with E-state index < -0.39 is 0 Å². The molecule has 0 aromatic heterocycles. The van der Waals surface area contributed by atoms with Gasteiger partial charge in [-0.2, -0.15) is 0 Å². The highest BCUT2D eigenvalue weighted by atomic mass is 19.1. The molecule has 1 unspecified atom stereocenters. The lowest BCUT2D eigenvalue weighted by Gasteiger charge is -2.22. The Morgan fingerprint density at radius 3 is 2.65 bits per heavy atom. The van der Waals surface area contributed by atoms with E-state index in [0.29, 0.717) is 11.5 Å². The minimum absolute atomic E-state index is 0.134. The van der Waals surface area contributed by atoms with Crippen molar-refractivity contribution in [2.75, 3.05) is 20.1 Å². The van der Waals surface area contributed by atoms with Crippen LogP contribution in [0.25, 0.3) is 0 Å². The molecule has 1 rings (SSSR count). The summed E-state index contributed by atoms with van der Waals surface area (Å²) in [4.78, 5) is 2.24. The Kier molecular flexibility index (Phi) is 5.59. The van der Waals surface area contributed by atoms with Crippen molar-refractivity contribution in [3.8, 4) is 0 Å². The molecule has 0 aliphatic carbocycles. The number of aryl methyl sites for hydroxylation is 1. The van der Waals surface area contributed by atoms with E-state index in [2.05, 4.69) is 18.9 Å². The van der Waals surface area contributed by atoms with Gasteiger partial charge < -0.3 is 10.6 Å². The van der Waals surface area contributed by atoms with Gasteiger partial charge in [0.05, 0.1) is 0 Å². The normalized spacial score (nSPS) is 13.1. The highest BCUT2D eigenvalue weighted by Crippen LogP contribution is 2.12. The van der Waals surface area contributed by atoms with E-state index >= 15 is 0 Å². The SMILES string of the molecule is CCC(CN)CN(C)Cc1ccc(F)c(C)c1. The van der Waals surface area contributed by atoms with Crippen LogP contribution in [0.4, 0.5) is 4.39 Å². The lowest BCUT2D eigenvalue weighted by molar-refractivity contribution is 0.268. The van der Waals surface area contributed by atoms with Crippen molar-refractivity contribution in [3.63, 3.8) is 0 Å².